The van der Waals surface area contributed by atoms with Gasteiger partial charge < -0.3 is 10.6 Å². The van der Waals surface area contributed by atoms with Gasteiger partial charge in [-0.25, -0.2) is 9.97 Å². The first-order valence-electron chi connectivity index (χ1n) is 6.58. The van der Waals surface area contributed by atoms with Crippen molar-refractivity contribution in [3.63, 3.8) is 0 Å². The summed E-state index contributed by atoms with van der Waals surface area (Å²) in [6.07, 6.45) is 6.46. The Morgan fingerprint density at radius 2 is 2.06 bits per heavy atom. The summed E-state index contributed by atoms with van der Waals surface area (Å²) < 4.78 is 0. The molecule has 0 saturated heterocycles. The molecule has 1 fully saturated rings. The van der Waals surface area contributed by atoms with Gasteiger partial charge in [0.15, 0.2) is 0 Å². The van der Waals surface area contributed by atoms with Gasteiger partial charge in [-0.15, -0.1) is 0 Å². The highest BCUT2D eigenvalue weighted by Gasteiger charge is 2.36. The minimum atomic E-state index is 0.625. The Morgan fingerprint density at radius 3 is 2.71 bits per heavy atom. The van der Waals surface area contributed by atoms with Crippen molar-refractivity contribution in [2.24, 2.45) is 5.92 Å². The van der Waals surface area contributed by atoms with Crippen molar-refractivity contribution in [1.82, 2.24) is 9.97 Å². The van der Waals surface area contributed by atoms with E-state index in [2.05, 4.69) is 34.4 Å². The summed E-state index contributed by atoms with van der Waals surface area (Å²) >= 11 is 0. The summed E-state index contributed by atoms with van der Waals surface area (Å²) in [6, 6.07) is 0.625. The van der Waals surface area contributed by atoms with E-state index in [1.54, 1.807) is 6.33 Å². The number of hydrogen-bond donors (Lipinski definition) is 2. The predicted octanol–water partition coefficient (Wildman–Crippen LogP) is 2.68. The molecule has 1 aromatic heterocycles. The molecule has 1 aliphatic carbocycles. The van der Waals surface area contributed by atoms with E-state index in [0.29, 0.717) is 6.04 Å². The molecule has 2 atom stereocenters. The molecule has 0 amide bonds. The lowest BCUT2D eigenvalue weighted by atomic mass is 10.2. The van der Waals surface area contributed by atoms with Gasteiger partial charge in [0.25, 0.3) is 0 Å². The third-order valence-corrected chi connectivity index (χ3v) is 3.44. The molecule has 4 nitrogen and oxygen atoms in total. The first-order chi connectivity index (χ1) is 8.30. The fraction of sp³-hybridized carbons (Fsp3) is 0.692. The van der Waals surface area contributed by atoms with Crippen molar-refractivity contribution in [1.29, 1.82) is 0 Å². The number of nitrogens with zero attached hydrogens (tertiary/aromatic N) is 2. The van der Waals surface area contributed by atoms with Gasteiger partial charge in [0, 0.05) is 18.7 Å². The van der Waals surface area contributed by atoms with Gasteiger partial charge in [-0.3, -0.25) is 0 Å². The Kier molecular flexibility index (Phi) is 3.82. The van der Waals surface area contributed by atoms with E-state index in [1.165, 1.54) is 24.8 Å². The van der Waals surface area contributed by atoms with E-state index >= 15 is 0 Å². The normalized spacial score (nSPS) is 22.3. The van der Waals surface area contributed by atoms with Crippen molar-refractivity contribution in [2.45, 2.75) is 45.6 Å². The summed E-state index contributed by atoms with van der Waals surface area (Å²) in [4.78, 5) is 8.62. The maximum absolute atomic E-state index is 4.37. The number of rotatable bonds is 6. The van der Waals surface area contributed by atoms with Crippen molar-refractivity contribution < 1.29 is 0 Å². The lowest BCUT2D eigenvalue weighted by Gasteiger charge is -2.12. The quantitative estimate of drug-likeness (QED) is 0.794. The predicted molar refractivity (Wildman–Crippen MR) is 71.4 cm³/mol. The van der Waals surface area contributed by atoms with Gasteiger partial charge in [-0.1, -0.05) is 20.3 Å². The van der Waals surface area contributed by atoms with Crippen LogP contribution in [-0.4, -0.2) is 23.1 Å². The zero-order chi connectivity index (χ0) is 12.3. The van der Waals surface area contributed by atoms with Gasteiger partial charge in [-0.2, -0.15) is 0 Å². The van der Waals surface area contributed by atoms with Gasteiger partial charge in [0.05, 0.1) is 0 Å². The second-order valence-electron chi connectivity index (χ2n) is 4.69. The summed E-state index contributed by atoms with van der Waals surface area (Å²) in [7, 11) is 1.91. The zero-order valence-electron chi connectivity index (χ0n) is 11.0. The summed E-state index contributed by atoms with van der Waals surface area (Å²) in [5.74, 6) is 2.80. The average molecular weight is 234 g/mol. The molecule has 0 radical (unpaired) electrons. The monoisotopic (exact) mass is 234 g/mol. The minimum absolute atomic E-state index is 0.625. The van der Waals surface area contributed by atoms with E-state index in [-0.39, 0.29) is 0 Å². The van der Waals surface area contributed by atoms with Crippen LogP contribution in [0, 0.1) is 5.92 Å². The van der Waals surface area contributed by atoms with E-state index in [4.69, 9.17) is 0 Å². The molecule has 0 bridgehead atoms. The molecule has 0 aromatic carbocycles. The highest BCUT2D eigenvalue weighted by Crippen LogP contribution is 2.37. The molecule has 1 saturated carbocycles. The molecule has 1 aliphatic rings. The van der Waals surface area contributed by atoms with Crippen LogP contribution in [0.3, 0.4) is 0 Å². The fourth-order valence-corrected chi connectivity index (χ4v) is 2.38. The van der Waals surface area contributed by atoms with Crippen LogP contribution in [0.1, 0.15) is 38.7 Å². The van der Waals surface area contributed by atoms with Crippen LogP contribution in [0.15, 0.2) is 6.33 Å². The number of anilines is 2. The smallest absolute Gasteiger partial charge is 0.134 e. The first-order valence-corrected chi connectivity index (χ1v) is 6.58. The van der Waals surface area contributed by atoms with Crippen LogP contribution in [0.2, 0.25) is 0 Å². The van der Waals surface area contributed by atoms with Gasteiger partial charge in [-0.05, 0) is 25.2 Å². The average Bonchev–Trinajstić information content (AvgIpc) is 3.07. The van der Waals surface area contributed by atoms with Crippen LogP contribution >= 0.6 is 0 Å². The molecule has 0 spiro atoms. The van der Waals surface area contributed by atoms with Crippen molar-refractivity contribution in [3.05, 3.63) is 11.9 Å². The molecular formula is C13H22N4. The zero-order valence-corrected chi connectivity index (χ0v) is 11.0. The second kappa shape index (κ2) is 5.34. The maximum Gasteiger partial charge on any atom is 0.134 e. The Bertz CT molecular complexity index is 378. The Labute approximate surface area is 103 Å². The van der Waals surface area contributed by atoms with E-state index in [1.807, 2.05) is 7.05 Å². The fourth-order valence-electron chi connectivity index (χ4n) is 2.38. The Balaban J connectivity index is 2.06. The maximum atomic E-state index is 4.37. The van der Waals surface area contributed by atoms with E-state index in [9.17, 15) is 0 Å². The highest BCUT2D eigenvalue weighted by molar-refractivity contribution is 5.58. The lowest BCUT2D eigenvalue weighted by molar-refractivity contribution is 0.691. The molecule has 4 heteroatoms. The number of hydrogen-bond acceptors (Lipinski definition) is 4. The lowest BCUT2D eigenvalue weighted by Crippen LogP contribution is -2.11. The summed E-state index contributed by atoms with van der Waals surface area (Å²) in [6.45, 7) is 4.39. The van der Waals surface area contributed by atoms with Crippen molar-refractivity contribution in [2.75, 3.05) is 17.7 Å². The summed E-state index contributed by atoms with van der Waals surface area (Å²) in [5.41, 5.74) is 1.19. The second-order valence-corrected chi connectivity index (χ2v) is 4.69. The molecule has 2 rings (SSSR count). The van der Waals surface area contributed by atoms with Gasteiger partial charge in [0.1, 0.15) is 18.0 Å². The van der Waals surface area contributed by atoms with E-state index in [0.717, 1.165) is 24.0 Å². The SMILES string of the molecule is CCCC1CC1Nc1ncnc(NC)c1CC. The van der Waals surface area contributed by atoms with Gasteiger partial charge >= 0.3 is 0 Å². The summed E-state index contributed by atoms with van der Waals surface area (Å²) in [5, 5.41) is 6.68. The first kappa shape index (κ1) is 12.1. The van der Waals surface area contributed by atoms with Crippen molar-refractivity contribution in [3.8, 4) is 0 Å². The van der Waals surface area contributed by atoms with E-state index < -0.39 is 0 Å². The Morgan fingerprint density at radius 1 is 1.29 bits per heavy atom. The third kappa shape index (κ3) is 2.68. The standard InChI is InChI=1S/C13H22N4/c1-4-6-9-7-11(9)17-13-10(5-2)12(14-3)15-8-16-13/h8-9,11H,4-7H2,1-3H3,(H2,14,15,16,17). The number of aromatic nitrogens is 2. The van der Waals surface area contributed by atoms with Crippen molar-refractivity contribution >= 4 is 11.6 Å². The van der Waals surface area contributed by atoms with Crippen LogP contribution < -0.4 is 10.6 Å². The molecule has 2 N–H and O–H groups in total. The molecule has 94 valence electrons. The number of nitrogens with one attached hydrogen (secondary N) is 2. The molecule has 17 heavy (non-hydrogen) atoms. The molecule has 0 aliphatic heterocycles. The largest absolute Gasteiger partial charge is 0.373 e. The highest BCUT2D eigenvalue weighted by atomic mass is 15.1. The van der Waals surface area contributed by atoms with Crippen LogP contribution in [0.25, 0.3) is 0 Å². The van der Waals surface area contributed by atoms with Crippen LogP contribution in [-0.2, 0) is 6.42 Å². The van der Waals surface area contributed by atoms with Gasteiger partial charge in [0.2, 0.25) is 0 Å². The molecular weight excluding hydrogens is 212 g/mol. The van der Waals surface area contributed by atoms with Crippen LogP contribution in [0.5, 0.6) is 0 Å². The third-order valence-electron chi connectivity index (χ3n) is 3.44. The Hall–Kier alpha value is -1.32. The topological polar surface area (TPSA) is 49.8 Å². The molecule has 1 aromatic rings. The van der Waals surface area contributed by atoms with Crippen LogP contribution in [0.4, 0.5) is 11.6 Å². The molecule has 2 unspecified atom stereocenters. The molecule has 1 heterocycles. The minimum Gasteiger partial charge on any atom is -0.373 e.